The predicted molar refractivity (Wildman–Crippen MR) is 148 cm³/mol. The fourth-order valence-corrected chi connectivity index (χ4v) is 4.70. The van der Waals surface area contributed by atoms with Crippen molar-refractivity contribution in [1.82, 2.24) is 10.6 Å². The Morgan fingerprint density at radius 3 is 2.35 bits per heavy atom. The van der Waals surface area contributed by atoms with Gasteiger partial charge >= 0.3 is 6.09 Å². The molecule has 2 aliphatic rings. The van der Waals surface area contributed by atoms with Gasteiger partial charge in [-0.15, -0.1) is 0 Å². The Kier molecular flexibility index (Phi) is 11.8. The predicted octanol–water partition coefficient (Wildman–Crippen LogP) is 2.19. The number of fused-ring (bicyclic) bond motifs is 2. The topological polar surface area (TPSA) is 163 Å². The molecule has 2 amide bonds. The van der Waals surface area contributed by atoms with Crippen molar-refractivity contribution < 1.29 is 38.2 Å². The van der Waals surface area contributed by atoms with Gasteiger partial charge in [0.2, 0.25) is 11.6 Å². The summed E-state index contributed by atoms with van der Waals surface area (Å²) in [4.78, 5) is 64.0. The zero-order valence-electron chi connectivity index (χ0n) is 24.0. The van der Waals surface area contributed by atoms with Crippen molar-refractivity contribution in [3.8, 4) is 0 Å². The lowest BCUT2D eigenvalue weighted by molar-refractivity contribution is -0.132. The first kappa shape index (κ1) is 32.4. The molecule has 1 aliphatic carbocycles. The molecular formula is C29H39N3O8. The van der Waals surface area contributed by atoms with Crippen molar-refractivity contribution in [2.45, 2.75) is 58.8 Å². The van der Waals surface area contributed by atoms with Gasteiger partial charge in [0.05, 0.1) is 11.4 Å². The number of allylic oxidation sites excluding steroid dienone is 5. The molecule has 2 rings (SSSR count). The summed E-state index contributed by atoms with van der Waals surface area (Å²) in [6.07, 6.45) is 4.21. The van der Waals surface area contributed by atoms with Crippen LogP contribution < -0.4 is 16.4 Å². The van der Waals surface area contributed by atoms with E-state index in [-0.39, 0.29) is 47.1 Å². The summed E-state index contributed by atoms with van der Waals surface area (Å²) < 4.78 is 16.4. The fourth-order valence-electron chi connectivity index (χ4n) is 4.70. The third-order valence-corrected chi connectivity index (χ3v) is 6.84. The molecule has 5 atom stereocenters. The lowest BCUT2D eigenvalue weighted by atomic mass is 9.85. The first-order chi connectivity index (χ1) is 18.8. The number of likely N-dealkylation sites (N-methyl/N-ethyl adjacent to an activating group) is 1. The lowest BCUT2D eigenvalue weighted by Crippen LogP contribution is -2.36. The zero-order valence-corrected chi connectivity index (χ0v) is 24.0. The number of hydrogen-bond acceptors (Lipinski definition) is 9. The van der Waals surface area contributed by atoms with Crippen molar-refractivity contribution in [1.29, 1.82) is 0 Å². The third kappa shape index (κ3) is 8.09. The molecule has 0 aromatic heterocycles. The summed E-state index contributed by atoms with van der Waals surface area (Å²) in [7, 11) is 4.39. The van der Waals surface area contributed by atoms with Gasteiger partial charge in [-0.1, -0.05) is 38.2 Å². The molecule has 0 radical (unpaired) electrons. The highest BCUT2D eigenvalue weighted by molar-refractivity contribution is 6.23. The van der Waals surface area contributed by atoms with Gasteiger partial charge in [0.25, 0.3) is 5.91 Å². The number of carbonyl (C=O) groups is 5. The maximum absolute atomic E-state index is 13.4. The number of hydrogen-bond donors (Lipinski definition) is 3. The van der Waals surface area contributed by atoms with Crippen molar-refractivity contribution in [3.05, 3.63) is 58.5 Å². The van der Waals surface area contributed by atoms with Crippen LogP contribution >= 0.6 is 0 Å². The smallest absolute Gasteiger partial charge is 0.405 e. The van der Waals surface area contributed by atoms with Crippen molar-refractivity contribution in [2.24, 2.45) is 17.6 Å². The molecule has 0 fully saturated rings. The van der Waals surface area contributed by atoms with Crippen LogP contribution in [0.5, 0.6) is 0 Å². The standard InChI is InChI=1S/C29H39N3O8/c1-15-11-19-24(31-5)21(33)14-20(26(19)35)32-28(36)16(2)9-8-10-22(38-6)27(40-29(30)37)18(4)13-17(3)25(34)23(12-15)39-7/h8-10,13-15,17,22-23,27,31H,11-12H2,1-7H3,(H2,30,37)(H,32,36)/b10-8-,16-9+,18-13+/t15-,17+,22+,23+,27+/m1/s1. The Morgan fingerprint density at radius 1 is 1.10 bits per heavy atom. The van der Waals surface area contributed by atoms with Gasteiger partial charge in [0, 0.05) is 44.4 Å². The van der Waals surface area contributed by atoms with E-state index in [1.807, 2.05) is 6.92 Å². The van der Waals surface area contributed by atoms with E-state index in [1.54, 1.807) is 33.0 Å². The first-order valence-corrected chi connectivity index (χ1v) is 13.0. The lowest BCUT2D eigenvalue weighted by Gasteiger charge is -2.26. The second-order valence-electron chi connectivity index (χ2n) is 9.97. The van der Waals surface area contributed by atoms with Gasteiger partial charge in [-0.05, 0) is 38.2 Å². The molecule has 0 spiro atoms. The molecule has 0 unspecified atom stereocenters. The number of carbonyl (C=O) groups excluding carboxylic acids is 5. The third-order valence-electron chi connectivity index (χ3n) is 6.84. The summed E-state index contributed by atoms with van der Waals surface area (Å²) in [5.74, 6) is -2.58. The van der Waals surface area contributed by atoms with Crippen molar-refractivity contribution in [2.75, 3.05) is 21.3 Å². The summed E-state index contributed by atoms with van der Waals surface area (Å²) in [5.41, 5.74) is 6.31. The van der Waals surface area contributed by atoms with Gasteiger partial charge in [-0.2, -0.15) is 0 Å². The number of methoxy groups -OCH3 is 2. The summed E-state index contributed by atoms with van der Waals surface area (Å²) >= 11 is 0. The van der Waals surface area contributed by atoms with E-state index < -0.39 is 47.8 Å². The normalized spacial score (nSPS) is 30.9. The van der Waals surface area contributed by atoms with Gasteiger partial charge in [-0.3, -0.25) is 19.2 Å². The highest BCUT2D eigenvalue weighted by Gasteiger charge is 2.33. The first-order valence-electron chi connectivity index (χ1n) is 13.0. The molecule has 4 N–H and O–H groups in total. The second kappa shape index (κ2) is 14.5. The number of rotatable bonds is 4. The van der Waals surface area contributed by atoms with Crippen LogP contribution in [0.2, 0.25) is 0 Å². The van der Waals surface area contributed by atoms with Gasteiger partial charge < -0.3 is 30.6 Å². The fraction of sp³-hybridized carbons (Fsp3) is 0.483. The van der Waals surface area contributed by atoms with Crippen LogP contribution in [-0.4, -0.2) is 68.9 Å². The van der Waals surface area contributed by atoms with Gasteiger partial charge in [-0.25, -0.2) is 4.79 Å². The van der Waals surface area contributed by atoms with Crippen molar-refractivity contribution >= 4 is 29.4 Å². The average Bonchev–Trinajstić information content (AvgIpc) is 2.90. The number of primary amides is 1. The molecular weight excluding hydrogens is 518 g/mol. The molecule has 2 bridgehead atoms. The Hall–Kier alpha value is -3.83. The summed E-state index contributed by atoms with van der Waals surface area (Å²) in [6.45, 7) is 6.79. The molecule has 0 aromatic carbocycles. The van der Waals surface area contributed by atoms with E-state index in [4.69, 9.17) is 19.9 Å². The number of amides is 2. The largest absolute Gasteiger partial charge is 0.439 e. The van der Waals surface area contributed by atoms with E-state index in [0.717, 1.165) is 6.08 Å². The Morgan fingerprint density at radius 2 is 1.77 bits per heavy atom. The van der Waals surface area contributed by atoms with E-state index in [2.05, 4.69) is 10.6 Å². The van der Waals surface area contributed by atoms with Crippen LogP contribution in [0.1, 0.15) is 40.5 Å². The molecule has 1 heterocycles. The maximum atomic E-state index is 13.4. The molecule has 0 aromatic rings. The number of ether oxygens (including phenoxy) is 3. The average molecular weight is 558 g/mol. The molecule has 0 saturated heterocycles. The quantitative estimate of drug-likeness (QED) is 0.347. The van der Waals surface area contributed by atoms with E-state index >= 15 is 0 Å². The molecule has 11 heteroatoms. The number of ketones is 3. The van der Waals surface area contributed by atoms with E-state index in [1.165, 1.54) is 33.3 Å². The summed E-state index contributed by atoms with van der Waals surface area (Å²) in [6, 6.07) is 0. The number of Topliss-reactive ketones (excluding diaryl/α,β-unsaturated/α-hetero) is 2. The number of nitrogens with two attached hydrogens (primary N) is 1. The van der Waals surface area contributed by atoms with E-state index in [9.17, 15) is 24.0 Å². The molecule has 218 valence electrons. The SMILES string of the molecule is CNC1=C2C[C@@H](C)C[C@H](OC)C(=O)[C@@H](C)/C=C(\C)[C@H](OC(N)=O)[C@@H](OC)/C=C\C=C(/C)C(=O)NC(=CC1=O)C2=O. The van der Waals surface area contributed by atoms with Gasteiger partial charge in [0.1, 0.15) is 12.2 Å². The minimum Gasteiger partial charge on any atom is -0.439 e. The molecule has 40 heavy (non-hydrogen) atoms. The maximum Gasteiger partial charge on any atom is 0.405 e. The zero-order chi connectivity index (χ0) is 30.1. The molecule has 11 nitrogen and oxygen atoms in total. The highest BCUT2D eigenvalue weighted by atomic mass is 16.6. The van der Waals surface area contributed by atoms with Crippen LogP contribution in [-0.2, 0) is 33.4 Å². The number of nitrogens with one attached hydrogen (secondary N) is 2. The molecule has 1 aliphatic heterocycles. The summed E-state index contributed by atoms with van der Waals surface area (Å²) in [5, 5.41) is 5.33. The second-order valence-corrected chi connectivity index (χ2v) is 9.97. The minimum absolute atomic E-state index is 0.136. The van der Waals surface area contributed by atoms with Crippen molar-refractivity contribution in [3.63, 3.8) is 0 Å². The van der Waals surface area contributed by atoms with Crippen LogP contribution in [0.4, 0.5) is 4.79 Å². The van der Waals surface area contributed by atoms with Crippen LogP contribution in [0.15, 0.2) is 58.5 Å². The van der Waals surface area contributed by atoms with Gasteiger partial charge in [0.15, 0.2) is 11.9 Å². The highest BCUT2D eigenvalue weighted by Crippen LogP contribution is 2.27. The van der Waals surface area contributed by atoms with Crippen LogP contribution in [0.3, 0.4) is 0 Å². The Labute approximate surface area is 234 Å². The van der Waals surface area contributed by atoms with Crippen LogP contribution in [0, 0.1) is 11.8 Å². The Bertz CT molecular complexity index is 1190. The monoisotopic (exact) mass is 557 g/mol. The van der Waals surface area contributed by atoms with Crippen LogP contribution in [0.25, 0.3) is 0 Å². The Balaban J connectivity index is 2.61. The molecule has 0 saturated carbocycles. The van der Waals surface area contributed by atoms with E-state index in [0.29, 0.717) is 5.57 Å². The minimum atomic E-state index is -1.02.